The van der Waals surface area contributed by atoms with Crippen molar-refractivity contribution in [2.24, 2.45) is 14.1 Å². The number of hydroxylamine groups is 2. The van der Waals surface area contributed by atoms with E-state index < -0.39 is 0 Å². The fraction of sp³-hybridized carbons (Fsp3) is 0.400. The highest BCUT2D eigenvalue weighted by Gasteiger charge is 2.25. The summed E-state index contributed by atoms with van der Waals surface area (Å²) in [7, 11) is 3.84. The molecule has 3 rings (SSSR count). The van der Waals surface area contributed by atoms with Crippen molar-refractivity contribution in [1.82, 2.24) is 24.4 Å². The lowest BCUT2D eigenvalue weighted by Crippen LogP contribution is -2.12. The Kier molecular flexibility index (Phi) is 1.89. The number of aromatic nitrogens is 4. The first-order valence-electron chi connectivity index (χ1n) is 5.13. The Morgan fingerprint density at radius 3 is 2.75 bits per heavy atom. The lowest BCUT2D eigenvalue weighted by atomic mass is 10.4. The summed E-state index contributed by atoms with van der Waals surface area (Å²) >= 11 is 0. The zero-order valence-electron chi connectivity index (χ0n) is 9.25. The summed E-state index contributed by atoms with van der Waals surface area (Å²) < 4.78 is 3.75. The minimum Gasteiger partial charge on any atom is -0.328 e. The fourth-order valence-electron chi connectivity index (χ4n) is 2.08. The van der Waals surface area contributed by atoms with Gasteiger partial charge in [0.2, 0.25) is 0 Å². The largest absolute Gasteiger partial charge is 0.328 e. The number of fused-ring (bicyclic) bond motifs is 1. The van der Waals surface area contributed by atoms with Crippen LogP contribution < -0.4 is 0 Å². The van der Waals surface area contributed by atoms with Crippen molar-refractivity contribution in [3.63, 3.8) is 0 Å². The SMILES string of the molecule is Cn1ccc(-c2nc3c(n2C)CN(O)C3)n1. The first-order valence-corrected chi connectivity index (χ1v) is 5.13. The Bertz CT molecular complexity index is 541. The highest BCUT2D eigenvalue weighted by atomic mass is 16.5. The van der Waals surface area contributed by atoms with Crippen molar-refractivity contribution in [1.29, 1.82) is 0 Å². The quantitative estimate of drug-likeness (QED) is 0.760. The predicted octanol–water partition coefficient (Wildman–Crippen LogP) is 0.525. The van der Waals surface area contributed by atoms with E-state index in [9.17, 15) is 5.21 Å². The van der Waals surface area contributed by atoms with Crippen LogP contribution in [0.15, 0.2) is 12.3 Å². The van der Waals surface area contributed by atoms with Gasteiger partial charge < -0.3 is 9.77 Å². The summed E-state index contributed by atoms with van der Waals surface area (Å²) in [5.41, 5.74) is 2.86. The molecule has 0 spiro atoms. The smallest absolute Gasteiger partial charge is 0.160 e. The van der Waals surface area contributed by atoms with Gasteiger partial charge in [0.1, 0.15) is 5.69 Å². The molecule has 2 aromatic rings. The van der Waals surface area contributed by atoms with E-state index in [0.717, 1.165) is 22.9 Å². The molecule has 84 valence electrons. The molecule has 0 radical (unpaired) electrons. The fourth-order valence-corrected chi connectivity index (χ4v) is 2.08. The minimum atomic E-state index is 0.496. The molecule has 0 fully saturated rings. The minimum absolute atomic E-state index is 0.496. The summed E-state index contributed by atoms with van der Waals surface area (Å²) in [5, 5.41) is 15.0. The maximum atomic E-state index is 9.39. The second-order valence-corrected chi connectivity index (χ2v) is 4.09. The molecule has 6 nitrogen and oxygen atoms in total. The van der Waals surface area contributed by atoms with Gasteiger partial charge in [-0.25, -0.2) is 4.98 Å². The van der Waals surface area contributed by atoms with E-state index >= 15 is 0 Å². The van der Waals surface area contributed by atoms with Crippen molar-refractivity contribution in [2.45, 2.75) is 13.1 Å². The van der Waals surface area contributed by atoms with Gasteiger partial charge in [-0.1, -0.05) is 0 Å². The summed E-state index contributed by atoms with van der Waals surface area (Å²) in [6, 6.07) is 1.94. The van der Waals surface area contributed by atoms with Gasteiger partial charge in [0.05, 0.1) is 24.5 Å². The molecule has 0 unspecified atom stereocenters. The Hall–Kier alpha value is -1.66. The molecule has 16 heavy (non-hydrogen) atoms. The number of hydrogen-bond acceptors (Lipinski definition) is 4. The topological polar surface area (TPSA) is 59.1 Å². The standard InChI is InChI=1S/C10H13N5O/c1-13-4-3-7(12-13)10-11-8-5-15(16)6-9(8)14(10)2/h3-4,16H,5-6H2,1-2H3. The van der Waals surface area contributed by atoms with Crippen molar-refractivity contribution < 1.29 is 5.21 Å². The van der Waals surface area contributed by atoms with Crippen molar-refractivity contribution >= 4 is 0 Å². The van der Waals surface area contributed by atoms with E-state index in [-0.39, 0.29) is 0 Å². The lowest BCUT2D eigenvalue weighted by Gasteiger charge is -2.06. The summed E-state index contributed by atoms with van der Waals surface area (Å²) in [5.74, 6) is 0.860. The number of nitrogens with zero attached hydrogens (tertiary/aromatic N) is 5. The summed E-state index contributed by atoms with van der Waals surface area (Å²) in [4.78, 5) is 4.51. The Morgan fingerprint density at radius 2 is 2.12 bits per heavy atom. The van der Waals surface area contributed by atoms with E-state index in [1.54, 1.807) is 4.68 Å². The van der Waals surface area contributed by atoms with Crippen molar-refractivity contribution in [3.05, 3.63) is 23.7 Å². The first kappa shape index (κ1) is 9.56. The maximum Gasteiger partial charge on any atom is 0.160 e. The van der Waals surface area contributed by atoms with Crippen LogP contribution in [-0.4, -0.2) is 29.6 Å². The van der Waals surface area contributed by atoms with Crippen molar-refractivity contribution in [2.75, 3.05) is 0 Å². The molecule has 0 saturated carbocycles. The Labute approximate surface area is 92.7 Å². The molecule has 1 aliphatic heterocycles. The highest BCUT2D eigenvalue weighted by Crippen LogP contribution is 2.25. The van der Waals surface area contributed by atoms with Crippen LogP contribution in [0.25, 0.3) is 11.5 Å². The zero-order chi connectivity index (χ0) is 11.3. The maximum absolute atomic E-state index is 9.39. The van der Waals surface area contributed by atoms with Gasteiger partial charge in [-0.05, 0) is 6.07 Å². The molecule has 0 bridgehead atoms. The molecule has 0 aromatic carbocycles. The predicted molar refractivity (Wildman–Crippen MR) is 56.4 cm³/mol. The number of hydrogen-bond donors (Lipinski definition) is 1. The van der Waals surface area contributed by atoms with Crippen LogP contribution in [0.5, 0.6) is 0 Å². The van der Waals surface area contributed by atoms with Crippen LogP contribution in [0, 0.1) is 0 Å². The third-order valence-electron chi connectivity index (χ3n) is 2.90. The van der Waals surface area contributed by atoms with Gasteiger partial charge in [-0.3, -0.25) is 4.68 Å². The van der Waals surface area contributed by atoms with Gasteiger partial charge in [-0.15, -0.1) is 0 Å². The second-order valence-electron chi connectivity index (χ2n) is 4.09. The molecule has 3 heterocycles. The van der Waals surface area contributed by atoms with Crippen LogP contribution in [0.3, 0.4) is 0 Å². The molecular weight excluding hydrogens is 206 g/mol. The van der Waals surface area contributed by atoms with Crippen molar-refractivity contribution in [3.8, 4) is 11.5 Å². The molecular formula is C10H13N5O. The van der Waals surface area contributed by atoms with Gasteiger partial charge >= 0.3 is 0 Å². The third-order valence-corrected chi connectivity index (χ3v) is 2.90. The Morgan fingerprint density at radius 1 is 1.31 bits per heavy atom. The van der Waals surface area contributed by atoms with Gasteiger partial charge in [0.25, 0.3) is 0 Å². The first-order chi connectivity index (χ1) is 7.65. The highest BCUT2D eigenvalue weighted by molar-refractivity contribution is 5.51. The molecule has 1 N–H and O–H groups in total. The number of imidazole rings is 1. The molecule has 2 aromatic heterocycles. The molecule has 6 heteroatoms. The van der Waals surface area contributed by atoms with Crippen LogP contribution in [0.1, 0.15) is 11.4 Å². The normalized spacial score (nSPS) is 15.7. The number of aryl methyl sites for hydroxylation is 1. The molecule has 0 amide bonds. The van der Waals surface area contributed by atoms with E-state index in [1.807, 2.05) is 30.9 Å². The number of rotatable bonds is 1. The summed E-state index contributed by atoms with van der Waals surface area (Å²) in [6.07, 6.45) is 1.90. The van der Waals surface area contributed by atoms with Crippen LogP contribution in [0.4, 0.5) is 0 Å². The van der Waals surface area contributed by atoms with Gasteiger partial charge in [0, 0.05) is 20.3 Å². The molecule has 1 aliphatic rings. The average molecular weight is 219 g/mol. The van der Waals surface area contributed by atoms with Crippen LogP contribution in [-0.2, 0) is 27.2 Å². The second kappa shape index (κ2) is 3.16. The molecule has 0 atom stereocenters. The van der Waals surface area contributed by atoms with Crippen LogP contribution >= 0.6 is 0 Å². The molecule has 0 aliphatic carbocycles. The van der Waals surface area contributed by atoms with E-state index in [1.165, 1.54) is 5.06 Å². The average Bonchev–Trinajstić information content (AvgIpc) is 2.85. The monoisotopic (exact) mass is 219 g/mol. The summed E-state index contributed by atoms with van der Waals surface area (Å²) in [6.45, 7) is 1.03. The van der Waals surface area contributed by atoms with E-state index in [2.05, 4.69) is 10.1 Å². The lowest BCUT2D eigenvalue weighted by molar-refractivity contribution is -0.0984. The van der Waals surface area contributed by atoms with E-state index in [4.69, 9.17) is 0 Å². The van der Waals surface area contributed by atoms with E-state index in [0.29, 0.717) is 13.1 Å². The van der Waals surface area contributed by atoms with Crippen LogP contribution in [0.2, 0.25) is 0 Å². The van der Waals surface area contributed by atoms with Gasteiger partial charge in [-0.2, -0.15) is 10.2 Å². The molecule has 0 saturated heterocycles. The Balaban J connectivity index is 2.08. The van der Waals surface area contributed by atoms with Gasteiger partial charge in [0.15, 0.2) is 5.82 Å². The zero-order valence-corrected chi connectivity index (χ0v) is 9.25. The third kappa shape index (κ3) is 1.27.